The van der Waals surface area contributed by atoms with Crippen molar-refractivity contribution in [2.24, 2.45) is 0 Å². The maximum atomic E-state index is 12.3. The fraction of sp³-hybridized carbons (Fsp3) is 0.318. The molecule has 7 nitrogen and oxygen atoms in total. The van der Waals surface area contributed by atoms with Crippen molar-refractivity contribution in [3.63, 3.8) is 0 Å². The number of carbonyl (C=O) groups excluding carboxylic acids is 2. The number of anilines is 1. The van der Waals surface area contributed by atoms with Gasteiger partial charge in [-0.1, -0.05) is 41.4 Å². The van der Waals surface area contributed by atoms with Crippen LogP contribution in [0.1, 0.15) is 18.4 Å². The Morgan fingerprint density at radius 2 is 1.84 bits per heavy atom. The van der Waals surface area contributed by atoms with E-state index in [1.165, 1.54) is 0 Å². The molecule has 9 heteroatoms. The second kappa shape index (κ2) is 10.6. The highest BCUT2D eigenvalue weighted by atomic mass is 35.5. The number of nitrogens with zero attached hydrogens (tertiary/aromatic N) is 1. The summed E-state index contributed by atoms with van der Waals surface area (Å²) >= 11 is 11.9. The summed E-state index contributed by atoms with van der Waals surface area (Å²) in [6, 6.07) is 11.8. The molecule has 0 aliphatic carbocycles. The van der Waals surface area contributed by atoms with Crippen molar-refractivity contribution >= 4 is 46.3 Å². The Labute approximate surface area is 191 Å². The van der Waals surface area contributed by atoms with E-state index in [-0.39, 0.29) is 30.7 Å². The minimum absolute atomic E-state index is 0.0418. The normalized spacial score (nSPS) is 14.8. The maximum Gasteiger partial charge on any atom is 0.270 e. The Kier molecular flexibility index (Phi) is 7.90. The largest absolute Gasteiger partial charge is 0.490 e. The van der Waals surface area contributed by atoms with Gasteiger partial charge in [0.1, 0.15) is 17.6 Å². The predicted octanol–water partition coefficient (Wildman–Crippen LogP) is 3.17. The molecule has 0 spiro atoms. The third-order valence-electron chi connectivity index (χ3n) is 5.03. The monoisotopic (exact) mass is 462 g/mol. The molecule has 1 saturated heterocycles. The van der Waals surface area contributed by atoms with Crippen LogP contribution in [0.15, 0.2) is 42.5 Å². The number of rotatable bonds is 8. The average molecular weight is 463 g/mol. The van der Waals surface area contributed by atoms with E-state index in [1.807, 2.05) is 4.90 Å². The number of benzene rings is 2. The van der Waals surface area contributed by atoms with Crippen molar-refractivity contribution < 1.29 is 14.3 Å². The molecule has 0 atom stereocenters. The molecule has 4 N–H and O–H groups in total. The second-order valence-corrected chi connectivity index (χ2v) is 8.17. The van der Waals surface area contributed by atoms with Crippen LogP contribution < -0.4 is 15.8 Å². The van der Waals surface area contributed by atoms with Gasteiger partial charge in [-0.25, -0.2) is 0 Å². The number of ketones is 1. The summed E-state index contributed by atoms with van der Waals surface area (Å²) in [5, 5.41) is 11.4. The summed E-state index contributed by atoms with van der Waals surface area (Å²) < 4.78 is 5.96. The quantitative estimate of drug-likeness (QED) is 0.412. The van der Waals surface area contributed by atoms with Crippen molar-refractivity contribution in [2.75, 3.05) is 31.9 Å². The average Bonchev–Trinajstić information content (AvgIpc) is 2.76. The van der Waals surface area contributed by atoms with Gasteiger partial charge in [-0.15, -0.1) is 0 Å². The lowest BCUT2D eigenvalue weighted by atomic mass is 10.1. The first kappa shape index (κ1) is 23.1. The fourth-order valence-corrected chi connectivity index (χ4v) is 3.64. The van der Waals surface area contributed by atoms with Crippen molar-refractivity contribution in [3.05, 3.63) is 58.1 Å². The molecule has 1 aliphatic rings. The summed E-state index contributed by atoms with van der Waals surface area (Å²) in [4.78, 5) is 26.5. The standard InChI is InChI=1S/C22H24Cl2N4O3/c23-18-6-5-16(11-19(18)24)31-15-7-9-28(10-8-15)13-14(29)12-27-22(30)21(26)17-3-1-2-4-20(17)25/h1-6,11,15,26H,7-10,12-13,25H2,(H,27,30). The molecule has 1 amide bonds. The maximum absolute atomic E-state index is 12.3. The minimum atomic E-state index is -0.625. The zero-order valence-corrected chi connectivity index (χ0v) is 18.4. The number of para-hydroxylation sites is 1. The molecule has 3 rings (SSSR count). The zero-order chi connectivity index (χ0) is 22.4. The lowest BCUT2D eigenvalue weighted by molar-refractivity contribution is -0.123. The van der Waals surface area contributed by atoms with Crippen molar-refractivity contribution in [2.45, 2.75) is 18.9 Å². The van der Waals surface area contributed by atoms with Gasteiger partial charge in [-0.05, 0) is 31.0 Å². The van der Waals surface area contributed by atoms with Crippen molar-refractivity contribution in [3.8, 4) is 5.75 Å². The molecular weight excluding hydrogens is 439 g/mol. The van der Waals surface area contributed by atoms with Crippen LogP contribution in [0.5, 0.6) is 5.75 Å². The molecular formula is C22H24Cl2N4O3. The van der Waals surface area contributed by atoms with E-state index in [0.717, 1.165) is 12.8 Å². The van der Waals surface area contributed by atoms with Crippen LogP contribution in [0.25, 0.3) is 0 Å². The zero-order valence-electron chi connectivity index (χ0n) is 16.9. The highest BCUT2D eigenvalue weighted by molar-refractivity contribution is 6.45. The molecule has 1 aliphatic heterocycles. The van der Waals surface area contributed by atoms with E-state index >= 15 is 0 Å². The van der Waals surface area contributed by atoms with Crippen LogP contribution in [-0.4, -0.2) is 54.6 Å². The molecule has 164 valence electrons. The minimum Gasteiger partial charge on any atom is -0.490 e. The van der Waals surface area contributed by atoms with Crippen LogP contribution in [0.3, 0.4) is 0 Å². The first-order valence-electron chi connectivity index (χ1n) is 9.91. The summed E-state index contributed by atoms with van der Waals surface area (Å²) in [6.07, 6.45) is 1.59. The smallest absolute Gasteiger partial charge is 0.270 e. The number of piperidine rings is 1. The van der Waals surface area contributed by atoms with Crippen molar-refractivity contribution in [1.82, 2.24) is 10.2 Å². The first-order valence-corrected chi connectivity index (χ1v) is 10.7. The van der Waals surface area contributed by atoms with E-state index in [0.29, 0.717) is 40.1 Å². The van der Waals surface area contributed by atoms with Gasteiger partial charge < -0.3 is 15.8 Å². The number of halogens is 2. The summed E-state index contributed by atoms with van der Waals surface area (Å²) in [7, 11) is 0. The van der Waals surface area contributed by atoms with Gasteiger partial charge in [0, 0.05) is 30.4 Å². The molecule has 0 bridgehead atoms. The second-order valence-electron chi connectivity index (χ2n) is 7.35. The van der Waals surface area contributed by atoms with Gasteiger partial charge in [0.25, 0.3) is 5.91 Å². The number of likely N-dealkylation sites (tertiary alicyclic amines) is 1. The lowest BCUT2D eigenvalue weighted by Crippen LogP contribution is -2.44. The van der Waals surface area contributed by atoms with Gasteiger partial charge in [0.05, 0.1) is 23.1 Å². The van der Waals surface area contributed by atoms with Crippen LogP contribution >= 0.6 is 23.2 Å². The van der Waals surface area contributed by atoms with E-state index < -0.39 is 5.91 Å². The van der Waals surface area contributed by atoms with Crippen molar-refractivity contribution in [1.29, 1.82) is 5.41 Å². The summed E-state index contributed by atoms with van der Waals surface area (Å²) in [6.45, 7) is 1.53. The van der Waals surface area contributed by atoms with Crippen LogP contribution in [0.4, 0.5) is 5.69 Å². The van der Waals surface area contributed by atoms with Gasteiger partial charge in [0.2, 0.25) is 0 Å². The Balaban J connectivity index is 1.39. The number of amides is 1. The molecule has 1 fully saturated rings. The number of hydrogen-bond donors (Lipinski definition) is 3. The lowest BCUT2D eigenvalue weighted by Gasteiger charge is -2.31. The predicted molar refractivity (Wildman–Crippen MR) is 122 cm³/mol. The third kappa shape index (κ3) is 6.43. The Hall–Kier alpha value is -2.61. The van der Waals surface area contributed by atoms with Crippen LogP contribution in [0.2, 0.25) is 10.0 Å². The van der Waals surface area contributed by atoms with Gasteiger partial charge in [-0.2, -0.15) is 0 Å². The van der Waals surface area contributed by atoms with Gasteiger partial charge >= 0.3 is 0 Å². The third-order valence-corrected chi connectivity index (χ3v) is 5.77. The fourth-order valence-electron chi connectivity index (χ4n) is 3.35. The molecule has 2 aromatic carbocycles. The number of ether oxygens (including phenoxy) is 1. The Morgan fingerprint density at radius 1 is 1.13 bits per heavy atom. The van der Waals surface area contributed by atoms with Crippen LogP contribution in [0, 0.1) is 5.41 Å². The molecule has 0 unspecified atom stereocenters. The van der Waals surface area contributed by atoms with Crippen LogP contribution in [-0.2, 0) is 9.59 Å². The molecule has 0 aromatic heterocycles. The molecule has 1 heterocycles. The first-order chi connectivity index (χ1) is 14.8. The van der Waals surface area contributed by atoms with Gasteiger partial charge in [-0.3, -0.25) is 19.9 Å². The number of nitrogens with two attached hydrogens (primary N) is 1. The highest BCUT2D eigenvalue weighted by Crippen LogP contribution is 2.28. The number of carbonyl (C=O) groups is 2. The number of Topliss-reactive ketones (excluding diaryl/α,β-unsaturated/α-hetero) is 1. The molecule has 2 aromatic rings. The summed E-state index contributed by atoms with van der Waals surface area (Å²) in [5.74, 6) is -0.0702. The topological polar surface area (TPSA) is 109 Å². The van der Waals surface area contributed by atoms with E-state index in [1.54, 1.807) is 42.5 Å². The SMILES string of the molecule is N=C(C(=O)NCC(=O)CN1CCC(Oc2ccc(Cl)c(Cl)c2)CC1)c1ccccc1N. The molecule has 0 radical (unpaired) electrons. The van der Waals surface area contributed by atoms with E-state index in [2.05, 4.69) is 5.32 Å². The number of nitrogen functional groups attached to an aromatic ring is 1. The number of nitrogens with one attached hydrogen (secondary N) is 2. The highest BCUT2D eigenvalue weighted by Gasteiger charge is 2.23. The Morgan fingerprint density at radius 3 is 2.52 bits per heavy atom. The van der Waals surface area contributed by atoms with E-state index in [4.69, 9.17) is 39.1 Å². The Bertz CT molecular complexity index is 975. The summed E-state index contributed by atoms with van der Waals surface area (Å²) in [5.41, 5.74) is 6.23. The van der Waals surface area contributed by atoms with Gasteiger partial charge in [0.15, 0.2) is 5.78 Å². The number of hydrogen-bond acceptors (Lipinski definition) is 6. The molecule has 0 saturated carbocycles. The van der Waals surface area contributed by atoms with E-state index in [9.17, 15) is 9.59 Å². The molecule has 31 heavy (non-hydrogen) atoms.